The van der Waals surface area contributed by atoms with E-state index in [2.05, 4.69) is 35.6 Å². The summed E-state index contributed by atoms with van der Waals surface area (Å²) in [6.07, 6.45) is 4.03. The second-order valence-electron chi connectivity index (χ2n) is 10.4. The van der Waals surface area contributed by atoms with Gasteiger partial charge < -0.3 is 19.6 Å². The van der Waals surface area contributed by atoms with Crippen LogP contribution in [0.1, 0.15) is 45.1 Å². The maximum Gasteiger partial charge on any atom is 0.124 e. The third-order valence-corrected chi connectivity index (χ3v) is 7.38. The van der Waals surface area contributed by atoms with Crippen LogP contribution in [0.4, 0.5) is 0 Å². The average molecular weight is 402 g/mol. The molecule has 5 nitrogen and oxygen atoms in total. The molecule has 4 rings (SSSR count). The molecule has 0 saturated carbocycles. The van der Waals surface area contributed by atoms with Crippen molar-refractivity contribution in [1.82, 2.24) is 14.7 Å². The van der Waals surface area contributed by atoms with E-state index in [1.807, 2.05) is 24.3 Å². The molecule has 2 bridgehead atoms. The molecular weight excluding hydrogens is 362 g/mol. The minimum Gasteiger partial charge on any atom is -0.496 e. The number of hydrogen-bond donors (Lipinski definition) is 1. The molecule has 162 valence electrons. The van der Waals surface area contributed by atoms with Gasteiger partial charge in [0.1, 0.15) is 5.75 Å². The van der Waals surface area contributed by atoms with Crippen LogP contribution in [-0.4, -0.2) is 85.3 Å². The molecule has 3 aliphatic heterocycles. The molecule has 29 heavy (non-hydrogen) atoms. The molecule has 3 heterocycles. The molecule has 0 aliphatic carbocycles. The predicted octanol–water partition coefficient (Wildman–Crippen LogP) is 2.78. The van der Waals surface area contributed by atoms with Gasteiger partial charge in [0.15, 0.2) is 0 Å². The summed E-state index contributed by atoms with van der Waals surface area (Å²) in [6.45, 7) is 11.8. The second kappa shape index (κ2) is 8.18. The van der Waals surface area contributed by atoms with Crippen LogP contribution in [0.5, 0.6) is 5.75 Å². The topological polar surface area (TPSA) is 39.2 Å². The fraction of sp³-hybridized carbons (Fsp3) is 0.750. The van der Waals surface area contributed by atoms with Crippen molar-refractivity contribution < 1.29 is 9.84 Å². The van der Waals surface area contributed by atoms with Crippen LogP contribution in [-0.2, 0) is 5.60 Å². The summed E-state index contributed by atoms with van der Waals surface area (Å²) in [7, 11) is 3.92. The van der Waals surface area contributed by atoms with E-state index in [0.29, 0.717) is 12.1 Å². The largest absolute Gasteiger partial charge is 0.496 e. The molecular formula is C24H39N3O2. The summed E-state index contributed by atoms with van der Waals surface area (Å²) >= 11 is 0. The van der Waals surface area contributed by atoms with Gasteiger partial charge in [0, 0.05) is 56.9 Å². The highest BCUT2D eigenvalue weighted by molar-refractivity contribution is 5.39. The van der Waals surface area contributed by atoms with Gasteiger partial charge in [-0.3, -0.25) is 4.90 Å². The molecule has 2 atom stereocenters. The summed E-state index contributed by atoms with van der Waals surface area (Å²) in [5, 5.41) is 11.6. The number of hydrogen-bond acceptors (Lipinski definition) is 5. The smallest absolute Gasteiger partial charge is 0.124 e. The Hall–Kier alpha value is -1.14. The Morgan fingerprint density at radius 3 is 2.28 bits per heavy atom. The average Bonchev–Trinajstić information content (AvgIpc) is 2.92. The van der Waals surface area contributed by atoms with E-state index in [4.69, 9.17) is 4.74 Å². The van der Waals surface area contributed by atoms with Crippen LogP contribution in [0.2, 0.25) is 0 Å². The molecule has 3 fully saturated rings. The lowest BCUT2D eigenvalue weighted by atomic mass is 9.79. The SMILES string of the molecule is COc1ccccc1C1(O)C[C@@H]2CC[C@@H](C1)N2CC(C)(C)CN1CCN(C)CC1. The maximum absolute atomic E-state index is 11.6. The van der Waals surface area contributed by atoms with Crippen molar-refractivity contribution in [3.63, 3.8) is 0 Å². The molecule has 1 aromatic carbocycles. The highest BCUT2D eigenvalue weighted by Gasteiger charge is 2.50. The number of rotatable bonds is 6. The van der Waals surface area contributed by atoms with Crippen molar-refractivity contribution in [2.75, 3.05) is 53.4 Å². The van der Waals surface area contributed by atoms with E-state index in [1.54, 1.807) is 7.11 Å². The van der Waals surface area contributed by atoms with E-state index in [9.17, 15) is 5.11 Å². The zero-order valence-corrected chi connectivity index (χ0v) is 18.7. The number of nitrogens with zero attached hydrogens (tertiary/aromatic N) is 3. The van der Waals surface area contributed by atoms with Crippen LogP contribution >= 0.6 is 0 Å². The quantitative estimate of drug-likeness (QED) is 0.794. The Morgan fingerprint density at radius 2 is 1.66 bits per heavy atom. The normalized spacial score (nSPS) is 31.9. The number of ether oxygens (including phenoxy) is 1. The standard InChI is InChI=1S/C24H39N3O2/c1-23(2,17-26-13-11-25(3)12-14-26)18-27-19-9-10-20(27)16-24(28,15-19)21-7-5-6-8-22(21)29-4/h5-8,19-20,28H,9-18H2,1-4H3/t19-,20-/m0/s1. The first-order valence-corrected chi connectivity index (χ1v) is 11.3. The van der Waals surface area contributed by atoms with Crippen molar-refractivity contribution in [2.24, 2.45) is 5.41 Å². The van der Waals surface area contributed by atoms with Crippen LogP contribution in [0.25, 0.3) is 0 Å². The minimum atomic E-state index is -0.767. The predicted molar refractivity (Wildman–Crippen MR) is 117 cm³/mol. The van der Waals surface area contributed by atoms with Crippen LogP contribution in [0.15, 0.2) is 24.3 Å². The van der Waals surface area contributed by atoms with Crippen LogP contribution < -0.4 is 4.74 Å². The first kappa shape index (κ1) is 21.1. The molecule has 0 aromatic heterocycles. The lowest BCUT2D eigenvalue weighted by Crippen LogP contribution is -2.54. The van der Waals surface area contributed by atoms with Gasteiger partial charge in [-0.15, -0.1) is 0 Å². The molecule has 3 saturated heterocycles. The lowest BCUT2D eigenvalue weighted by molar-refractivity contribution is -0.0685. The number of piperidine rings is 1. The Kier molecular flexibility index (Phi) is 5.95. The zero-order chi connectivity index (χ0) is 20.6. The monoisotopic (exact) mass is 401 g/mol. The summed E-state index contributed by atoms with van der Waals surface area (Å²) in [4.78, 5) is 7.78. The van der Waals surface area contributed by atoms with Gasteiger partial charge in [-0.2, -0.15) is 0 Å². The Morgan fingerprint density at radius 1 is 1.03 bits per heavy atom. The minimum absolute atomic E-state index is 0.261. The molecule has 1 aromatic rings. The fourth-order valence-corrected chi connectivity index (χ4v) is 5.98. The number of aliphatic hydroxyl groups is 1. The zero-order valence-electron chi connectivity index (χ0n) is 18.7. The number of benzene rings is 1. The van der Waals surface area contributed by atoms with E-state index in [-0.39, 0.29) is 5.41 Å². The Labute approximate surface area is 176 Å². The molecule has 3 aliphatic rings. The number of para-hydroxylation sites is 1. The lowest BCUT2D eigenvalue weighted by Gasteiger charge is -2.47. The summed E-state index contributed by atoms with van der Waals surface area (Å²) < 4.78 is 5.57. The van der Waals surface area contributed by atoms with Crippen molar-refractivity contribution in [3.8, 4) is 5.75 Å². The van der Waals surface area contributed by atoms with E-state index in [1.165, 1.54) is 39.0 Å². The fourth-order valence-electron chi connectivity index (χ4n) is 5.98. The number of likely N-dealkylation sites (N-methyl/N-ethyl adjacent to an activating group) is 1. The number of methoxy groups -OCH3 is 1. The van der Waals surface area contributed by atoms with Gasteiger partial charge in [0.2, 0.25) is 0 Å². The molecule has 5 heteroatoms. The molecule has 0 amide bonds. The Balaban J connectivity index is 1.43. The summed E-state index contributed by atoms with van der Waals surface area (Å²) in [6, 6.07) is 8.96. The van der Waals surface area contributed by atoms with Crippen molar-refractivity contribution in [3.05, 3.63) is 29.8 Å². The maximum atomic E-state index is 11.6. The van der Waals surface area contributed by atoms with Gasteiger partial charge in [-0.1, -0.05) is 32.0 Å². The van der Waals surface area contributed by atoms with E-state index >= 15 is 0 Å². The molecule has 0 unspecified atom stereocenters. The Bertz CT molecular complexity index is 685. The summed E-state index contributed by atoms with van der Waals surface area (Å²) in [5.41, 5.74) is 0.462. The number of piperazine rings is 1. The third kappa shape index (κ3) is 4.48. The van der Waals surface area contributed by atoms with Crippen molar-refractivity contribution in [2.45, 2.75) is 57.2 Å². The third-order valence-electron chi connectivity index (χ3n) is 7.38. The van der Waals surface area contributed by atoms with E-state index < -0.39 is 5.60 Å². The van der Waals surface area contributed by atoms with Crippen LogP contribution in [0, 0.1) is 5.41 Å². The van der Waals surface area contributed by atoms with E-state index in [0.717, 1.165) is 37.2 Å². The second-order valence-corrected chi connectivity index (χ2v) is 10.4. The van der Waals surface area contributed by atoms with Gasteiger partial charge in [-0.25, -0.2) is 0 Å². The van der Waals surface area contributed by atoms with Gasteiger partial charge in [-0.05, 0) is 44.2 Å². The van der Waals surface area contributed by atoms with Gasteiger partial charge in [0.05, 0.1) is 12.7 Å². The number of fused-ring (bicyclic) bond motifs is 2. The van der Waals surface area contributed by atoms with Gasteiger partial charge >= 0.3 is 0 Å². The van der Waals surface area contributed by atoms with Crippen molar-refractivity contribution in [1.29, 1.82) is 0 Å². The van der Waals surface area contributed by atoms with Crippen LogP contribution in [0.3, 0.4) is 0 Å². The first-order chi connectivity index (χ1) is 13.8. The highest BCUT2D eigenvalue weighted by Crippen LogP contribution is 2.48. The highest BCUT2D eigenvalue weighted by atomic mass is 16.5. The molecule has 0 radical (unpaired) electrons. The molecule has 1 N–H and O–H groups in total. The van der Waals surface area contributed by atoms with Gasteiger partial charge in [0.25, 0.3) is 0 Å². The van der Waals surface area contributed by atoms with Crippen molar-refractivity contribution >= 4 is 0 Å². The molecule has 0 spiro atoms. The summed E-state index contributed by atoms with van der Waals surface area (Å²) in [5.74, 6) is 0.818. The first-order valence-electron chi connectivity index (χ1n) is 11.3.